The van der Waals surface area contributed by atoms with Crippen molar-refractivity contribution in [2.75, 3.05) is 26.4 Å². The third-order valence-electron chi connectivity index (χ3n) is 2.13. The maximum Gasteiger partial charge on any atom is 0.335 e. The molecule has 12 nitrogen and oxygen atoms in total. The number of benzene rings is 1. The highest BCUT2D eigenvalue weighted by Gasteiger charge is 2.04. The lowest BCUT2D eigenvalue weighted by molar-refractivity contribution is -0.143. The second kappa shape index (κ2) is 20.3. The van der Waals surface area contributed by atoms with Gasteiger partial charge in [-0.05, 0) is 24.3 Å². The van der Waals surface area contributed by atoms with Gasteiger partial charge in [0.25, 0.3) is 0 Å². The van der Waals surface area contributed by atoms with Crippen LogP contribution in [0.5, 0.6) is 0 Å². The zero-order valence-electron chi connectivity index (χ0n) is 14.8. The molecule has 12 heteroatoms. The summed E-state index contributed by atoms with van der Waals surface area (Å²) in [6.45, 7) is -0.500. The lowest BCUT2D eigenvalue weighted by Gasteiger charge is -1.94. The molecule has 1 aromatic rings. The molecule has 0 spiro atoms. The van der Waals surface area contributed by atoms with Crippen LogP contribution in [-0.4, -0.2) is 91.2 Å². The Labute approximate surface area is 159 Å². The Bertz CT molecular complexity index is 512. The fourth-order valence-electron chi connectivity index (χ4n) is 0.969. The molecule has 0 saturated carbocycles. The summed E-state index contributed by atoms with van der Waals surface area (Å²) in [4.78, 5) is 40.0. The van der Waals surface area contributed by atoms with E-state index in [0.717, 1.165) is 0 Å². The zero-order valence-corrected chi connectivity index (χ0v) is 14.8. The molecular weight excluding hydrogens is 384 g/mol. The molecule has 1 aromatic carbocycles. The largest absolute Gasteiger partial charge is 0.481 e. The first-order valence-corrected chi connectivity index (χ1v) is 7.50. The molecule has 0 heterocycles. The van der Waals surface area contributed by atoms with Crippen molar-refractivity contribution in [1.29, 1.82) is 0 Å². The highest BCUT2D eigenvalue weighted by molar-refractivity contribution is 5.91. The number of hydrogen-bond acceptors (Lipinski definition) is 8. The standard InChI is InChI=1S/C8H6O4.C4H6O4.2C2H6O2/c9-7(10)5-1-2-6(4-3-5)8(11)12;5-3(6)1-2-4(7)8;2*3-1-2-4/h1-4H,(H,9,10)(H,11,12);1-2H2,(H,5,6)(H,7,8);2*3-4H,1-2H2. The number of hydrogen-bond donors (Lipinski definition) is 8. The molecule has 160 valence electrons. The summed E-state index contributed by atoms with van der Waals surface area (Å²) < 4.78 is 0. The maximum absolute atomic E-state index is 10.3. The van der Waals surface area contributed by atoms with Crippen LogP contribution in [0, 0.1) is 0 Å². The Hall–Kier alpha value is -3.06. The van der Waals surface area contributed by atoms with E-state index in [2.05, 4.69) is 0 Å². The third kappa shape index (κ3) is 22.9. The van der Waals surface area contributed by atoms with Gasteiger partial charge in [0.1, 0.15) is 0 Å². The van der Waals surface area contributed by atoms with Gasteiger partial charge in [-0.15, -0.1) is 0 Å². The highest BCUT2D eigenvalue weighted by atomic mass is 16.4. The molecule has 0 atom stereocenters. The van der Waals surface area contributed by atoms with Crippen molar-refractivity contribution in [2.45, 2.75) is 12.8 Å². The van der Waals surface area contributed by atoms with Crippen molar-refractivity contribution < 1.29 is 60.0 Å². The zero-order chi connectivity index (χ0) is 22.5. The fourth-order valence-corrected chi connectivity index (χ4v) is 0.969. The van der Waals surface area contributed by atoms with Crippen LogP contribution in [0.4, 0.5) is 0 Å². The van der Waals surface area contributed by atoms with Crippen LogP contribution in [0.25, 0.3) is 0 Å². The Kier molecular flexibility index (Phi) is 21.5. The van der Waals surface area contributed by atoms with Crippen molar-refractivity contribution >= 4 is 23.9 Å². The molecule has 0 aromatic heterocycles. The molecule has 0 unspecified atom stereocenters. The summed E-state index contributed by atoms with van der Waals surface area (Å²) in [5, 5.41) is 63.2. The number of aromatic carboxylic acids is 2. The number of carboxylic acid groups (broad SMARTS) is 4. The van der Waals surface area contributed by atoms with E-state index in [0.29, 0.717) is 0 Å². The number of rotatable bonds is 7. The topological polar surface area (TPSA) is 230 Å². The normalized spacial score (nSPS) is 8.57. The number of carbonyl (C=O) groups is 4. The number of aliphatic hydroxyl groups excluding tert-OH is 4. The van der Waals surface area contributed by atoms with Gasteiger partial charge in [0, 0.05) is 0 Å². The predicted octanol–water partition coefficient (Wildman–Crippen LogP) is -1.04. The number of aliphatic carboxylic acids is 2. The molecule has 8 N–H and O–H groups in total. The monoisotopic (exact) mass is 408 g/mol. The first kappa shape index (κ1) is 29.7. The summed E-state index contributed by atoms with van der Waals surface area (Å²) in [7, 11) is 0. The van der Waals surface area contributed by atoms with Crippen LogP contribution in [-0.2, 0) is 9.59 Å². The average Bonchev–Trinajstić information content (AvgIpc) is 2.67. The smallest absolute Gasteiger partial charge is 0.335 e. The molecule has 0 bridgehead atoms. The second-order valence-corrected chi connectivity index (χ2v) is 4.37. The van der Waals surface area contributed by atoms with Crippen LogP contribution < -0.4 is 0 Å². The van der Waals surface area contributed by atoms with Crippen LogP contribution in [0.1, 0.15) is 33.6 Å². The first-order valence-electron chi connectivity index (χ1n) is 7.50. The molecule has 28 heavy (non-hydrogen) atoms. The van der Waals surface area contributed by atoms with Gasteiger partial charge in [-0.1, -0.05) is 0 Å². The van der Waals surface area contributed by atoms with Crippen molar-refractivity contribution in [3.63, 3.8) is 0 Å². The lowest BCUT2D eigenvalue weighted by atomic mass is 10.1. The average molecular weight is 408 g/mol. The highest BCUT2D eigenvalue weighted by Crippen LogP contribution is 2.03. The minimum absolute atomic E-state index is 0.0833. The summed E-state index contributed by atoms with van der Waals surface area (Å²) in [5.74, 6) is -4.28. The van der Waals surface area contributed by atoms with Crippen LogP contribution in [0.15, 0.2) is 24.3 Å². The van der Waals surface area contributed by atoms with Gasteiger partial charge < -0.3 is 40.9 Å². The lowest BCUT2D eigenvalue weighted by Crippen LogP contribution is -2.00. The Morgan fingerprint density at radius 1 is 0.536 bits per heavy atom. The SMILES string of the molecule is O=C(O)CCC(=O)O.O=C(O)c1ccc(C(=O)O)cc1.OCCO.OCCO. The van der Waals surface area contributed by atoms with Crippen LogP contribution in [0.2, 0.25) is 0 Å². The third-order valence-corrected chi connectivity index (χ3v) is 2.13. The number of aliphatic hydroxyl groups is 4. The second-order valence-electron chi connectivity index (χ2n) is 4.37. The molecule has 1 rings (SSSR count). The number of carboxylic acids is 4. The molecule has 0 aliphatic carbocycles. The molecule has 0 saturated heterocycles. The molecule has 0 amide bonds. The van der Waals surface area contributed by atoms with E-state index >= 15 is 0 Å². The quantitative estimate of drug-likeness (QED) is 0.270. The minimum atomic E-state index is -1.08. The first-order chi connectivity index (χ1) is 13.1. The van der Waals surface area contributed by atoms with E-state index in [4.69, 9.17) is 40.9 Å². The van der Waals surface area contributed by atoms with Gasteiger partial charge in [0.15, 0.2) is 0 Å². The fraction of sp³-hybridized carbons (Fsp3) is 0.375. The van der Waals surface area contributed by atoms with Gasteiger partial charge in [0.2, 0.25) is 0 Å². The van der Waals surface area contributed by atoms with Crippen molar-refractivity contribution in [2.24, 2.45) is 0 Å². The molecule has 0 radical (unpaired) electrons. The Morgan fingerprint density at radius 2 is 0.750 bits per heavy atom. The Morgan fingerprint density at radius 3 is 0.857 bits per heavy atom. The van der Waals surface area contributed by atoms with Gasteiger partial charge in [-0.2, -0.15) is 0 Å². The van der Waals surface area contributed by atoms with Crippen molar-refractivity contribution in [3.8, 4) is 0 Å². The van der Waals surface area contributed by atoms with Gasteiger partial charge in [-0.3, -0.25) is 9.59 Å². The minimum Gasteiger partial charge on any atom is -0.481 e. The molecular formula is C16H24O12. The maximum atomic E-state index is 10.3. The van der Waals surface area contributed by atoms with Crippen LogP contribution in [0.3, 0.4) is 0 Å². The summed E-state index contributed by atoms with van der Waals surface area (Å²) in [5.41, 5.74) is 0.167. The Balaban J connectivity index is -0.000000337. The molecule has 0 aliphatic rings. The van der Waals surface area contributed by atoms with Crippen molar-refractivity contribution in [3.05, 3.63) is 35.4 Å². The van der Waals surface area contributed by atoms with Gasteiger partial charge in [0.05, 0.1) is 50.4 Å². The van der Waals surface area contributed by atoms with E-state index in [1.165, 1.54) is 24.3 Å². The van der Waals surface area contributed by atoms with E-state index in [-0.39, 0.29) is 50.4 Å². The molecule has 0 fully saturated rings. The van der Waals surface area contributed by atoms with Gasteiger partial charge in [-0.25, -0.2) is 9.59 Å². The van der Waals surface area contributed by atoms with E-state index in [1.54, 1.807) is 0 Å². The van der Waals surface area contributed by atoms with E-state index < -0.39 is 23.9 Å². The van der Waals surface area contributed by atoms with Crippen LogP contribution >= 0.6 is 0 Å². The molecule has 0 aliphatic heterocycles. The summed E-state index contributed by atoms with van der Waals surface area (Å²) in [6, 6.07) is 5.02. The summed E-state index contributed by atoms with van der Waals surface area (Å²) in [6.07, 6.45) is -0.593. The van der Waals surface area contributed by atoms with E-state index in [9.17, 15) is 19.2 Å². The van der Waals surface area contributed by atoms with Gasteiger partial charge >= 0.3 is 23.9 Å². The predicted molar refractivity (Wildman–Crippen MR) is 93.2 cm³/mol. The summed E-state index contributed by atoms with van der Waals surface area (Å²) >= 11 is 0. The van der Waals surface area contributed by atoms with E-state index in [1.807, 2.05) is 0 Å². The van der Waals surface area contributed by atoms with Crippen molar-refractivity contribution in [1.82, 2.24) is 0 Å².